The lowest BCUT2D eigenvalue weighted by Crippen LogP contribution is -2.29. The van der Waals surface area contributed by atoms with E-state index in [1.165, 1.54) is 37.4 Å². The number of hydrogen-bond donors (Lipinski definition) is 6. The Kier molecular flexibility index (Phi) is 19.2. The van der Waals surface area contributed by atoms with Gasteiger partial charge >= 0.3 is 0 Å². The van der Waals surface area contributed by atoms with Crippen molar-refractivity contribution in [1.82, 2.24) is 20.4 Å². The van der Waals surface area contributed by atoms with E-state index < -0.39 is 23.5 Å². The molecule has 0 atom stereocenters. The van der Waals surface area contributed by atoms with E-state index in [4.69, 9.17) is 16.3 Å². The number of amides is 5. The van der Waals surface area contributed by atoms with E-state index in [2.05, 4.69) is 74.3 Å². The van der Waals surface area contributed by atoms with Crippen molar-refractivity contribution in [3.05, 3.63) is 148 Å². The van der Waals surface area contributed by atoms with E-state index in [1.54, 1.807) is 84.9 Å². The SMILES string of the molecule is CCN(CC)CCCNC(=O)c1ccc(NC(=O)c2cc(N=Nc3c(O)c(C(=O)Nc4cc(Cl)ccc4OC)cc4ccccc34)cc(C(=O)Nc3ccc(C(=O)NCCCN(CC)CC)cc3)c2)cc1. The van der Waals surface area contributed by atoms with Gasteiger partial charge in [-0.1, -0.05) is 63.6 Å². The number of methoxy groups -OCH3 is 1. The third-order valence-electron chi connectivity index (χ3n) is 11.8. The Bertz CT molecular complexity index is 2760. The van der Waals surface area contributed by atoms with Gasteiger partial charge in [-0.2, -0.15) is 5.11 Å². The summed E-state index contributed by atoms with van der Waals surface area (Å²) in [6.07, 6.45) is 1.62. The van der Waals surface area contributed by atoms with Crippen LogP contribution in [0.15, 0.2) is 125 Å². The van der Waals surface area contributed by atoms with Crippen molar-refractivity contribution < 1.29 is 33.8 Å². The van der Waals surface area contributed by atoms with Crippen molar-refractivity contribution in [3.63, 3.8) is 0 Å². The Morgan fingerprint density at radius 3 is 1.61 bits per heavy atom. The predicted molar refractivity (Wildman–Crippen MR) is 280 cm³/mol. The van der Waals surface area contributed by atoms with Crippen molar-refractivity contribution in [1.29, 1.82) is 0 Å². The van der Waals surface area contributed by atoms with Gasteiger partial charge in [-0.15, -0.1) is 5.11 Å². The van der Waals surface area contributed by atoms with Crippen molar-refractivity contribution in [2.24, 2.45) is 10.2 Å². The minimum atomic E-state index is -0.679. The summed E-state index contributed by atoms with van der Waals surface area (Å²) in [6.45, 7) is 15.0. The highest BCUT2D eigenvalue weighted by molar-refractivity contribution is 6.31. The van der Waals surface area contributed by atoms with Crippen molar-refractivity contribution in [2.45, 2.75) is 40.5 Å². The molecule has 0 unspecified atom stereocenters. The molecule has 0 saturated carbocycles. The minimum Gasteiger partial charge on any atom is -0.505 e. The Balaban J connectivity index is 1.26. The number of aromatic hydroxyl groups is 1. The molecule has 0 aliphatic heterocycles. The lowest BCUT2D eigenvalue weighted by molar-refractivity contribution is 0.0943. The number of phenols is 1. The molecule has 17 heteroatoms. The fourth-order valence-electron chi connectivity index (χ4n) is 7.71. The van der Waals surface area contributed by atoms with Crippen LogP contribution in [0.3, 0.4) is 0 Å². The Morgan fingerprint density at radius 2 is 1.10 bits per heavy atom. The molecule has 6 rings (SSSR count). The average molecular weight is 983 g/mol. The maximum Gasteiger partial charge on any atom is 0.259 e. The molecule has 0 bridgehead atoms. The smallest absolute Gasteiger partial charge is 0.259 e. The summed E-state index contributed by atoms with van der Waals surface area (Å²) in [4.78, 5) is 72.0. The van der Waals surface area contributed by atoms with Crippen molar-refractivity contribution in [3.8, 4) is 11.5 Å². The number of fused-ring (bicyclic) bond motifs is 1. The Labute approximate surface area is 418 Å². The van der Waals surface area contributed by atoms with Gasteiger partial charge in [-0.25, -0.2) is 0 Å². The maximum atomic E-state index is 14.0. The van der Waals surface area contributed by atoms with E-state index in [0.29, 0.717) is 57.1 Å². The second kappa shape index (κ2) is 25.8. The Hall–Kier alpha value is -7.66. The van der Waals surface area contributed by atoms with Crippen LogP contribution in [0.4, 0.5) is 28.4 Å². The molecule has 0 radical (unpaired) electrons. The molecule has 16 nitrogen and oxygen atoms in total. The monoisotopic (exact) mass is 981 g/mol. The van der Waals surface area contributed by atoms with Gasteiger partial charge in [0.2, 0.25) is 0 Å². The number of carbonyl (C=O) groups is 5. The van der Waals surface area contributed by atoms with E-state index in [1.807, 2.05) is 0 Å². The van der Waals surface area contributed by atoms with E-state index >= 15 is 0 Å². The number of nitrogens with one attached hydrogen (secondary N) is 5. The summed E-state index contributed by atoms with van der Waals surface area (Å²) >= 11 is 6.21. The molecule has 6 aromatic rings. The van der Waals surface area contributed by atoms with Gasteiger partial charge in [0.15, 0.2) is 5.75 Å². The molecular formula is C54H60ClN9O7. The van der Waals surface area contributed by atoms with E-state index in [-0.39, 0.29) is 45.6 Å². The molecule has 6 aromatic carbocycles. The molecule has 71 heavy (non-hydrogen) atoms. The zero-order chi connectivity index (χ0) is 50.9. The number of carbonyl (C=O) groups excluding carboxylic acids is 5. The van der Waals surface area contributed by atoms with Gasteiger partial charge in [-0.3, -0.25) is 24.0 Å². The second-order valence-electron chi connectivity index (χ2n) is 16.4. The number of phenolic OH excluding ortho intramolecular Hbond substituents is 1. The average Bonchev–Trinajstić information content (AvgIpc) is 3.38. The molecule has 0 saturated heterocycles. The highest BCUT2D eigenvalue weighted by Crippen LogP contribution is 2.40. The number of hydrogen-bond acceptors (Lipinski definition) is 11. The predicted octanol–water partition coefficient (Wildman–Crippen LogP) is 10.3. The number of anilines is 3. The zero-order valence-corrected chi connectivity index (χ0v) is 41.4. The normalized spacial score (nSPS) is 11.2. The summed E-state index contributed by atoms with van der Waals surface area (Å²) in [6, 6.07) is 30.3. The van der Waals surface area contributed by atoms with Crippen LogP contribution >= 0.6 is 11.6 Å². The topological polar surface area (TPSA) is 206 Å². The summed E-state index contributed by atoms with van der Waals surface area (Å²) < 4.78 is 5.39. The van der Waals surface area contributed by atoms with E-state index in [9.17, 15) is 29.1 Å². The molecule has 0 fully saturated rings. The number of nitrogens with zero attached hydrogens (tertiary/aromatic N) is 4. The van der Waals surface area contributed by atoms with Gasteiger partial charge < -0.3 is 46.2 Å². The van der Waals surface area contributed by atoms with Crippen LogP contribution < -0.4 is 31.3 Å². The summed E-state index contributed by atoms with van der Waals surface area (Å²) in [5.74, 6) is -2.47. The third kappa shape index (κ3) is 14.4. The highest BCUT2D eigenvalue weighted by atomic mass is 35.5. The Morgan fingerprint density at radius 1 is 0.577 bits per heavy atom. The van der Waals surface area contributed by atoms with Crippen molar-refractivity contribution >= 4 is 80.3 Å². The summed E-state index contributed by atoms with van der Waals surface area (Å²) in [5.41, 5.74) is 1.87. The van der Waals surface area contributed by atoms with Crippen LogP contribution in [0.2, 0.25) is 5.02 Å². The fraction of sp³-hybridized carbons (Fsp3) is 0.278. The van der Waals surface area contributed by atoms with Gasteiger partial charge in [0.05, 0.1) is 24.0 Å². The van der Waals surface area contributed by atoms with Crippen LogP contribution in [-0.2, 0) is 0 Å². The number of benzene rings is 6. The number of azo groups is 1. The van der Waals surface area contributed by atoms with Gasteiger partial charge in [0.25, 0.3) is 29.5 Å². The molecule has 0 spiro atoms. The standard InChI is InChI=1S/C54H60ClN9O7/c1-6-63(7-2)28-12-26-56-50(66)35-16-21-41(22-17-35)58-52(68)38-30-39(53(69)59-42-23-18-36(19-24-42)51(67)57-27-13-29-64(8-3)9-4)32-43(31-38)61-62-48-44-15-11-10-14-37(44)33-45(49(48)65)54(70)60-46-34-40(55)20-25-47(46)71-5/h10-11,14-25,30-34,65H,6-9,12-13,26-29H2,1-5H3,(H,56,66)(H,57,67)(H,58,68)(H,59,69)(H,60,70). The number of ether oxygens (including phenoxy) is 1. The first-order valence-corrected chi connectivity index (χ1v) is 24.0. The van der Waals surface area contributed by atoms with Crippen LogP contribution in [-0.4, -0.2) is 104 Å². The first-order chi connectivity index (χ1) is 34.3. The largest absolute Gasteiger partial charge is 0.505 e. The summed E-state index contributed by atoms with van der Waals surface area (Å²) in [7, 11) is 1.45. The quantitative estimate of drug-likeness (QED) is 0.0266. The lowest BCUT2D eigenvalue weighted by atomic mass is 10.0. The van der Waals surface area contributed by atoms with Gasteiger partial charge in [0.1, 0.15) is 11.4 Å². The summed E-state index contributed by atoms with van der Waals surface area (Å²) in [5, 5.41) is 36.1. The molecule has 0 aromatic heterocycles. The van der Waals surface area contributed by atoms with Crippen molar-refractivity contribution in [2.75, 3.05) is 75.4 Å². The minimum absolute atomic E-state index is 0.0345. The van der Waals surface area contributed by atoms with Crippen LogP contribution in [0.25, 0.3) is 10.8 Å². The highest BCUT2D eigenvalue weighted by Gasteiger charge is 2.21. The first kappa shape index (κ1) is 52.7. The molecule has 0 heterocycles. The number of halogens is 1. The molecule has 5 amide bonds. The zero-order valence-electron chi connectivity index (χ0n) is 40.6. The lowest BCUT2D eigenvalue weighted by Gasteiger charge is -2.17. The maximum absolute atomic E-state index is 14.0. The molecular weight excluding hydrogens is 922 g/mol. The molecule has 0 aliphatic carbocycles. The number of rotatable bonds is 23. The van der Waals surface area contributed by atoms with Crippen LogP contribution in [0.5, 0.6) is 11.5 Å². The van der Waals surface area contributed by atoms with Crippen LogP contribution in [0, 0.1) is 0 Å². The molecule has 0 aliphatic rings. The van der Waals surface area contributed by atoms with Crippen LogP contribution in [0.1, 0.15) is 92.3 Å². The second-order valence-corrected chi connectivity index (χ2v) is 16.9. The van der Waals surface area contributed by atoms with E-state index in [0.717, 1.165) is 52.1 Å². The molecule has 6 N–H and O–H groups in total. The molecule has 370 valence electrons. The third-order valence-corrected chi connectivity index (χ3v) is 12.1. The van der Waals surface area contributed by atoms with Gasteiger partial charge in [-0.05, 0) is 148 Å². The van der Waals surface area contributed by atoms with Gasteiger partial charge in [0, 0.05) is 57.1 Å². The fourth-order valence-corrected chi connectivity index (χ4v) is 7.88. The first-order valence-electron chi connectivity index (χ1n) is 23.6.